The fourth-order valence-corrected chi connectivity index (χ4v) is 3.71. The minimum absolute atomic E-state index is 0.127. The number of rotatable bonds is 4. The van der Waals surface area contributed by atoms with Gasteiger partial charge in [-0.25, -0.2) is 0 Å². The van der Waals surface area contributed by atoms with Crippen molar-refractivity contribution < 1.29 is 14.2 Å². The van der Waals surface area contributed by atoms with E-state index in [1.807, 2.05) is 0 Å². The van der Waals surface area contributed by atoms with Gasteiger partial charge in [-0.05, 0) is 18.4 Å². The SMILES string of the molecule is COC[C@H]1C[C@@H]1NC1CC2(CCOC2)Oc2ccccc21. The van der Waals surface area contributed by atoms with Gasteiger partial charge in [0.25, 0.3) is 0 Å². The first-order valence-corrected chi connectivity index (χ1v) is 7.90. The van der Waals surface area contributed by atoms with Crippen LogP contribution in [0.1, 0.15) is 30.9 Å². The Labute approximate surface area is 125 Å². The van der Waals surface area contributed by atoms with Crippen LogP contribution >= 0.6 is 0 Å². The topological polar surface area (TPSA) is 39.7 Å². The van der Waals surface area contributed by atoms with Crippen molar-refractivity contribution in [2.45, 2.75) is 36.9 Å². The number of hydrogen-bond donors (Lipinski definition) is 1. The first-order valence-electron chi connectivity index (χ1n) is 7.90. The van der Waals surface area contributed by atoms with Gasteiger partial charge in [-0.15, -0.1) is 0 Å². The summed E-state index contributed by atoms with van der Waals surface area (Å²) >= 11 is 0. The molecule has 2 aliphatic heterocycles. The van der Waals surface area contributed by atoms with E-state index in [1.165, 1.54) is 12.0 Å². The third-order valence-corrected chi connectivity index (χ3v) is 4.98. The van der Waals surface area contributed by atoms with Crippen molar-refractivity contribution in [2.24, 2.45) is 5.92 Å². The average molecular weight is 289 g/mol. The van der Waals surface area contributed by atoms with E-state index >= 15 is 0 Å². The second kappa shape index (κ2) is 5.27. The number of hydrogen-bond acceptors (Lipinski definition) is 4. The van der Waals surface area contributed by atoms with Gasteiger partial charge in [-0.1, -0.05) is 18.2 Å². The van der Waals surface area contributed by atoms with E-state index in [9.17, 15) is 0 Å². The molecule has 1 saturated heterocycles. The highest BCUT2D eigenvalue weighted by molar-refractivity contribution is 5.39. The van der Waals surface area contributed by atoms with Crippen molar-refractivity contribution in [3.8, 4) is 5.75 Å². The Hall–Kier alpha value is -1.10. The fourth-order valence-electron chi connectivity index (χ4n) is 3.71. The van der Waals surface area contributed by atoms with Crippen molar-refractivity contribution >= 4 is 0 Å². The van der Waals surface area contributed by atoms with Gasteiger partial charge in [0.15, 0.2) is 0 Å². The first-order chi connectivity index (χ1) is 10.3. The molecule has 1 saturated carbocycles. The van der Waals surface area contributed by atoms with Crippen molar-refractivity contribution in [2.75, 3.05) is 26.9 Å². The Morgan fingerprint density at radius 3 is 3.10 bits per heavy atom. The standard InChI is InChI=1S/C17H23NO3/c1-19-10-12-8-14(12)18-15-9-17(6-7-20-11-17)21-16-5-3-2-4-13(15)16/h2-5,12,14-15,18H,6-11H2,1H3/t12-,14+,15?,17?/m1/s1. The van der Waals surface area contributed by atoms with Gasteiger partial charge in [0.2, 0.25) is 0 Å². The van der Waals surface area contributed by atoms with Gasteiger partial charge in [-0.3, -0.25) is 0 Å². The zero-order valence-corrected chi connectivity index (χ0v) is 12.5. The lowest BCUT2D eigenvalue weighted by molar-refractivity contribution is 0.0183. The molecule has 0 amide bonds. The molecule has 3 aliphatic rings. The maximum atomic E-state index is 6.30. The molecule has 2 heterocycles. The highest BCUT2D eigenvalue weighted by atomic mass is 16.6. The number of nitrogens with one attached hydrogen (secondary N) is 1. The van der Waals surface area contributed by atoms with Gasteiger partial charge in [0.1, 0.15) is 11.4 Å². The van der Waals surface area contributed by atoms with Crippen LogP contribution in [0.5, 0.6) is 5.75 Å². The molecule has 1 spiro atoms. The zero-order valence-electron chi connectivity index (χ0n) is 12.5. The molecule has 0 radical (unpaired) electrons. The fraction of sp³-hybridized carbons (Fsp3) is 0.647. The molecule has 114 valence electrons. The molecular formula is C17H23NO3. The Morgan fingerprint density at radius 1 is 1.38 bits per heavy atom. The summed E-state index contributed by atoms with van der Waals surface area (Å²) in [7, 11) is 1.78. The van der Waals surface area contributed by atoms with E-state index < -0.39 is 0 Å². The third kappa shape index (κ3) is 2.56. The van der Waals surface area contributed by atoms with E-state index in [1.54, 1.807) is 7.11 Å². The van der Waals surface area contributed by atoms with E-state index in [2.05, 4.69) is 29.6 Å². The van der Waals surface area contributed by atoms with Gasteiger partial charge in [0.05, 0.1) is 19.8 Å². The molecule has 0 aromatic heterocycles. The molecule has 4 nitrogen and oxygen atoms in total. The van der Waals surface area contributed by atoms with Crippen LogP contribution in [0.25, 0.3) is 0 Å². The average Bonchev–Trinajstić information content (AvgIpc) is 3.06. The minimum atomic E-state index is -0.127. The number of para-hydroxylation sites is 1. The van der Waals surface area contributed by atoms with Crippen LogP contribution in [0.2, 0.25) is 0 Å². The second-order valence-electron chi connectivity index (χ2n) is 6.61. The van der Waals surface area contributed by atoms with Crippen LogP contribution < -0.4 is 10.1 Å². The predicted molar refractivity (Wildman–Crippen MR) is 79.5 cm³/mol. The van der Waals surface area contributed by atoms with E-state index in [4.69, 9.17) is 14.2 Å². The Morgan fingerprint density at radius 2 is 2.29 bits per heavy atom. The highest BCUT2D eigenvalue weighted by Gasteiger charge is 2.46. The lowest BCUT2D eigenvalue weighted by Crippen LogP contribution is -2.45. The maximum Gasteiger partial charge on any atom is 0.136 e. The number of methoxy groups -OCH3 is 1. The molecule has 4 rings (SSSR count). The summed E-state index contributed by atoms with van der Waals surface area (Å²) in [6.45, 7) is 2.38. The Kier molecular flexibility index (Phi) is 3.40. The molecule has 2 fully saturated rings. The smallest absolute Gasteiger partial charge is 0.136 e. The molecule has 0 bridgehead atoms. The zero-order chi connectivity index (χ0) is 14.3. The van der Waals surface area contributed by atoms with Crippen molar-refractivity contribution in [3.05, 3.63) is 29.8 Å². The third-order valence-electron chi connectivity index (χ3n) is 4.98. The van der Waals surface area contributed by atoms with Gasteiger partial charge >= 0.3 is 0 Å². The minimum Gasteiger partial charge on any atom is -0.484 e. The predicted octanol–water partition coefficient (Wildman–Crippen LogP) is 2.29. The summed E-state index contributed by atoms with van der Waals surface area (Å²) in [6.07, 6.45) is 3.21. The summed E-state index contributed by atoms with van der Waals surface area (Å²) in [5.41, 5.74) is 1.16. The monoisotopic (exact) mass is 289 g/mol. The van der Waals surface area contributed by atoms with Crippen LogP contribution in [0, 0.1) is 5.92 Å². The van der Waals surface area contributed by atoms with Crippen molar-refractivity contribution in [1.29, 1.82) is 0 Å². The molecule has 21 heavy (non-hydrogen) atoms. The van der Waals surface area contributed by atoms with Crippen LogP contribution in [0.3, 0.4) is 0 Å². The van der Waals surface area contributed by atoms with E-state index in [-0.39, 0.29) is 5.60 Å². The lowest BCUT2D eigenvalue weighted by atomic mass is 9.86. The van der Waals surface area contributed by atoms with Crippen molar-refractivity contribution in [1.82, 2.24) is 5.32 Å². The largest absolute Gasteiger partial charge is 0.484 e. The Balaban J connectivity index is 1.54. The summed E-state index contributed by atoms with van der Waals surface area (Å²) in [5, 5.41) is 3.82. The van der Waals surface area contributed by atoms with E-state index in [0.29, 0.717) is 24.6 Å². The summed E-state index contributed by atoms with van der Waals surface area (Å²) in [6, 6.07) is 9.37. The second-order valence-corrected chi connectivity index (χ2v) is 6.61. The molecule has 1 N–H and O–H groups in total. The van der Waals surface area contributed by atoms with Crippen LogP contribution in [0.15, 0.2) is 24.3 Å². The highest BCUT2D eigenvalue weighted by Crippen LogP contribution is 2.45. The van der Waals surface area contributed by atoms with Crippen LogP contribution in [-0.4, -0.2) is 38.6 Å². The molecule has 4 heteroatoms. The summed E-state index contributed by atoms with van der Waals surface area (Å²) in [4.78, 5) is 0. The van der Waals surface area contributed by atoms with E-state index in [0.717, 1.165) is 31.8 Å². The van der Waals surface area contributed by atoms with Gasteiger partial charge < -0.3 is 19.5 Å². The summed E-state index contributed by atoms with van der Waals surface area (Å²) in [5.74, 6) is 1.69. The number of benzene rings is 1. The molecule has 4 atom stereocenters. The number of fused-ring (bicyclic) bond motifs is 1. The molecule has 1 aromatic rings. The van der Waals surface area contributed by atoms with Crippen molar-refractivity contribution in [3.63, 3.8) is 0 Å². The van der Waals surface area contributed by atoms with Crippen LogP contribution in [0.4, 0.5) is 0 Å². The number of ether oxygens (including phenoxy) is 3. The molecule has 1 aliphatic carbocycles. The maximum absolute atomic E-state index is 6.30. The first kappa shape index (κ1) is 13.6. The summed E-state index contributed by atoms with van der Waals surface area (Å²) < 4.78 is 17.2. The van der Waals surface area contributed by atoms with Gasteiger partial charge in [-0.2, -0.15) is 0 Å². The van der Waals surface area contributed by atoms with Gasteiger partial charge in [0, 0.05) is 37.6 Å². The Bertz CT molecular complexity index is 513. The quantitative estimate of drug-likeness (QED) is 0.923. The molecule has 2 unspecified atom stereocenters. The molecule has 1 aromatic carbocycles. The van der Waals surface area contributed by atoms with Crippen LogP contribution in [-0.2, 0) is 9.47 Å². The molecular weight excluding hydrogens is 266 g/mol. The lowest BCUT2D eigenvalue weighted by Gasteiger charge is -2.39. The normalized spacial score (nSPS) is 37.3.